The first-order valence-corrected chi connectivity index (χ1v) is 5.50. The van der Waals surface area contributed by atoms with E-state index in [0.717, 1.165) is 0 Å². The highest BCUT2D eigenvalue weighted by atomic mass is 19.1. The summed E-state index contributed by atoms with van der Waals surface area (Å²) in [6, 6.07) is 4.74. The minimum absolute atomic E-state index is 0.183. The number of carbonyl (C=O) groups excluding carboxylic acids is 1. The van der Waals surface area contributed by atoms with E-state index < -0.39 is 6.09 Å². The smallest absolute Gasteiger partial charge is 0.414 e. The molecule has 0 bridgehead atoms. The van der Waals surface area contributed by atoms with E-state index in [1.807, 2.05) is 0 Å². The number of rotatable bonds is 3. The lowest BCUT2D eigenvalue weighted by atomic mass is 10.2. The second-order valence-electron chi connectivity index (χ2n) is 4.11. The summed E-state index contributed by atoms with van der Waals surface area (Å²) < 4.78 is 18.6. The zero-order valence-electron chi connectivity index (χ0n) is 9.87. The topological polar surface area (TPSA) is 41.6 Å². The van der Waals surface area contributed by atoms with E-state index in [1.165, 1.54) is 11.0 Å². The molecule has 0 spiro atoms. The van der Waals surface area contributed by atoms with Crippen LogP contribution in [-0.4, -0.2) is 32.3 Å². The van der Waals surface area contributed by atoms with E-state index >= 15 is 0 Å². The molecule has 1 saturated heterocycles. The third-order valence-electron chi connectivity index (χ3n) is 2.77. The number of carbonyl (C=O) groups is 1. The molecule has 5 heteroatoms. The summed E-state index contributed by atoms with van der Waals surface area (Å²) in [5, 5.41) is 2.94. The van der Waals surface area contributed by atoms with E-state index in [1.54, 1.807) is 26.1 Å². The molecule has 1 heterocycles. The van der Waals surface area contributed by atoms with Crippen LogP contribution in [0.4, 0.5) is 14.9 Å². The number of anilines is 1. The SMILES string of the molecule is CNC[C@@H]1CN(c2ccc(C)c(F)c2)C(=O)O1. The average molecular weight is 238 g/mol. The molecule has 92 valence electrons. The molecule has 0 aliphatic carbocycles. The van der Waals surface area contributed by atoms with Crippen molar-refractivity contribution in [1.82, 2.24) is 5.32 Å². The predicted octanol–water partition coefficient (Wildman–Crippen LogP) is 1.68. The number of hydrogen-bond acceptors (Lipinski definition) is 3. The third kappa shape index (κ3) is 2.39. The summed E-state index contributed by atoms with van der Waals surface area (Å²) in [6.45, 7) is 2.73. The van der Waals surface area contributed by atoms with Gasteiger partial charge in [0, 0.05) is 6.54 Å². The van der Waals surface area contributed by atoms with Crippen LogP contribution in [0.2, 0.25) is 0 Å². The van der Waals surface area contributed by atoms with Crippen LogP contribution in [0.3, 0.4) is 0 Å². The maximum Gasteiger partial charge on any atom is 0.414 e. The molecule has 1 aromatic rings. The van der Waals surface area contributed by atoms with Crippen LogP contribution in [0.25, 0.3) is 0 Å². The Morgan fingerprint density at radius 1 is 1.59 bits per heavy atom. The van der Waals surface area contributed by atoms with Gasteiger partial charge in [-0.25, -0.2) is 9.18 Å². The van der Waals surface area contributed by atoms with E-state index in [-0.39, 0.29) is 11.9 Å². The lowest BCUT2D eigenvalue weighted by Gasteiger charge is -2.13. The largest absolute Gasteiger partial charge is 0.443 e. The standard InChI is InChI=1S/C12H15FN2O2/c1-8-3-4-9(5-11(8)13)15-7-10(6-14-2)17-12(15)16/h3-5,10,14H,6-7H2,1-2H3/t10-/m1/s1. The van der Waals surface area contributed by atoms with Crippen molar-refractivity contribution in [2.75, 3.05) is 25.0 Å². The zero-order valence-corrected chi connectivity index (χ0v) is 9.87. The van der Waals surface area contributed by atoms with Gasteiger partial charge in [-0.15, -0.1) is 0 Å². The number of nitrogens with zero attached hydrogens (tertiary/aromatic N) is 1. The molecule has 0 saturated carbocycles. The van der Waals surface area contributed by atoms with Crippen molar-refractivity contribution in [2.24, 2.45) is 0 Å². The summed E-state index contributed by atoms with van der Waals surface area (Å²) in [7, 11) is 1.79. The first kappa shape index (κ1) is 11.9. The van der Waals surface area contributed by atoms with Crippen molar-refractivity contribution in [2.45, 2.75) is 13.0 Å². The number of halogens is 1. The number of ether oxygens (including phenoxy) is 1. The molecule has 4 nitrogen and oxygen atoms in total. The Kier molecular flexibility index (Phi) is 3.28. The van der Waals surface area contributed by atoms with Crippen LogP contribution in [-0.2, 0) is 4.74 Å². The van der Waals surface area contributed by atoms with Crippen LogP contribution < -0.4 is 10.2 Å². The second kappa shape index (κ2) is 4.71. The van der Waals surface area contributed by atoms with Crippen LogP contribution in [0.1, 0.15) is 5.56 Å². The monoisotopic (exact) mass is 238 g/mol. The third-order valence-corrected chi connectivity index (χ3v) is 2.77. The number of amides is 1. The molecule has 17 heavy (non-hydrogen) atoms. The molecule has 1 aliphatic heterocycles. The summed E-state index contributed by atoms with van der Waals surface area (Å²) >= 11 is 0. The molecule has 0 radical (unpaired) electrons. The normalized spacial score (nSPS) is 19.6. The van der Waals surface area contributed by atoms with E-state index in [2.05, 4.69) is 5.32 Å². The Balaban J connectivity index is 2.17. The Bertz CT molecular complexity index is 437. The van der Waals surface area contributed by atoms with Gasteiger partial charge < -0.3 is 10.1 Å². The minimum Gasteiger partial charge on any atom is -0.443 e. The highest BCUT2D eigenvalue weighted by Crippen LogP contribution is 2.23. The van der Waals surface area contributed by atoms with Crippen molar-refractivity contribution >= 4 is 11.8 Å². The number of aryl methyl sites for hydroxylation is 1. The van der Waals surface area contributed by atoms with Crippen molar-refractivity contribution in [1.29, 1.82) is 0 Å². The summed E-state index contributed by atoms with van der Waals surface area (Å²) in [6.07, 6.45) is -0.606. The first-order valence-electron chi connectivity index (χ1n) is 5.50. The van der Waals surface area contributed by atoms with Gasteiger partial charge in [-0.3, -0.25) is 4.90 Å². The van der Waals surface area contributed by atoms with Gasteiger partial charge in [-0.05, 0) is 31.7 Å². The van der Waals surface area contributed by atoms with Gasteiger partial charge in [0.25, 0.3) is 0 Å². The maximum absolute atomic E-state index is 13.4. The van der Waals surface area contributed by atoms with Crippen LogP contribution >= 0.6 is 0 Å². The molecule has 2 rings (SSSR count). The Morgan fingerprint density at radius 3 is 3.00 bits per heavy atom. The van der Waals surface area contributed by atoms with Gasteiger partial charge in [0.15, 0.2) is 0 Å². The molecule has 1 fully saturated rings. The van der Waals surface area contributed by atoms with Gasteiger partial charge in [-0.1, -0.05) is 6.07 Å². The molecule has 0 unspecified atom stereocenters. The summed E-state index contributed by atoms with van der Waals surface area (Å²) in [4.78, 5) is 13.1. The molecule has 0 aromatic heterocycles. The van der Waals surface area contributed by atoms with Gasteiger partial charge in [0.05, 0.1) is 12.2 Å². The van der Waals surface area contributed by atoms with Crippen molar-refractivity contribution in [3.8, 4) is 0 Å². The molecule has 1 amide bonds. The number of likely N-dealkylation sites (N-methyl/N-ethyl adjacent to an activating group) is 1. The van der Waals surface area contributed by atoms with E-state index in [9.17, 15) is 9.18 Å². The highest BCUT2D eigenvalue weighted by Gasteiger charge is 2.31. The number of cyclic esters (lactones) is 1. The van der Waals surface area contributed by atoms with E-state index in [0.29, 0.717) is 24.3 Å². The second-order valence-corrected chi connectivity index (χ2v) is 4.11. The highest BCUT2D eigenvalue weighted by molar-refractivity contribution is 5.89. The van der Waals surface area contributed by atoms with Gasteiger partial charge in [0.2, 0.25) is 0 Å². The van der Waals surface area contributed by atoms with Crippen LogP contribution in [0, 0.1) is 12.7 Å². The molecule has 1 N–H and O–H groups in total. The number of benzene rings is 1. The summed E-state index contributed by atoms with van der Waals surface area (Å²) in [5.41, 5.74) is 1.10. The average Bonchev–Trinajstić information content (AvgIpc) is 2.64. The predicted molar refractivity (Wildman–Crippen MR) is 62.7 cm³/mol. The Labute approximate surface area is 99.4 Å². The Morgan fingerprint density at radius 2 is 2.35 bits per heavy atom. The van der Waals surface area contributed by atoms with Crippen LogP contribution in [0.15, 0.2) is 18.2 Å². The molecule has 1 aliphatic rings. The number of hydrogen-bond donors (Lipinski definition) is 1. The number of nitrogens with one attached hydrogen (secondary N) is 1. The Hall–Kier alpha value is -1.62. The quantitative estimate of drug-likeness (QED) is 0.871. The van der Waals surface area contributed by atoms with Crippen molar-refractivity contribution in [3.05, 3.63) is 29.6 Å². The zero-order chi connectivity index (χ0) is 12.4. The minimum atomic E-state index is -0.423. The van der Waals surface area contributed by atoms with E-state index in [4.69, 9.17) is 4.74 Å². The first-order chi connectivity index (χ1) is 8.11. The summed E-state index contributed by atoms with van der Waals surface area (Å²) in [5.74, 6) is -0.313. The fourth-order valence-electron chi connectivity index (χ4n) is 1.82. The van der Waals surface area contributed by atoms with Crippen molar-refractivity contribution in [3.63, 3.8) is 0 Å². The lowest BCUT2D eigenvalue weighted by molar-refractivity contribution is 0.141. The van der Waals surface area contributed by atoms with Crippen molar-refractivity contribution < 1.29 is 13.9 Å². The van der Waals surface area contributed by atoms with Gasteiger partial charge in [0.1, 0.15) is 11.9 Å². The molecule has 1 aromatic carbocycles. The van der Waals surface area contributed by atoms with Crippen LogP contribution in [0.5, 0.6) is 0 Å². The fraction of sp³-hybridized carbons (Fsp3) is 0.417. The fourth-order valence-corrected chi connectivity index (χ4v) is 1.82. The molecule has 1 atom stereocenters. The molecular weight excluding hydrogens is 223 g/mol. The maximum atomic E-state index is 13.4. The van der Waals surface area contributed by atoms with Gasteiger partial charge in [-0.2, -0.15) is 0 Å². The lowest BCUT2D eigenvalue weighted by Crippen LogP contribution is -2.29. The van der Waals surface area contributed by atoms with Gasteiger partial charge >= 0.3 is 6.09 Å². The molecular formula is C12H15FN2O2.